The van der Waals surface area contributed by atoms with Gasteiger partial charge < -0.3 is 4.74 Å². The number of allylic oxidation sites excluding steroid dienone is 2. The van der Waals surface area contributed by atoms with E-state index in [2.05, 4.69) is 20.4 Å². The van der Waals surface area contributed by atoms with E-state index in [0.29, 0.717) is 6.10 Å². The van der Waals surface area contributed by atoms with Gasteiger partial charge in [0.1, 0.15) is 0 Å². The van der Waals surface area contributed by atoms with Gasteiger partial charge in [0.15, 0.2) is 0 Å². The molecule has 0 saturated heterocycles. The summed E-state index contributed by atoms with van der Waals surface area (Å²) in [4.78, 5) is 0. The van der Waals surface area contributed by atoms with Crippen molar-refractivity contribution in [1.82, 2.24) is 0 Å². The van der Waals surface area contributed by atoms with Gasteiger partial charge >= 0.3 is 0 Å². The van der Waals surface area contributed by atoms with Gasteiger partial charge in [0.25, 0.3) is 0 Å². The lowest BCUT2D eigenvalue weighted by Crippen LogP contribution is -2.18. The second-order valence-electron chi connectivity index (χ2n) is 4.10. The van der Waals surface area contributed by atoms with Crippen LogP contribution in [0.25, 0.3) is 0 Å². The molecule has 0 spiro atoms. The Kier molecular flexibility index (Phi) is 4.95. The first kappa shape index (κ1) is 11.5. The maximum Gasteiger partial charge on any atom is 0.0618 e. The summed E-state index contributed by atoms with van der Waals surface area (Å²) in [7, 11) is 0. The highest BCUT2D eigenvalue weighted by molar-refractivity contribution is 5.25. The Balaban J connectivity index is 2.34. The summed E-state index contributed by atoms with van der Waals surface area (Å²) in [6, 6.07) is 0. The third-order valence-corrected chi connectivity index (χ3v) is 2.93. The van der Waals surface area contributed by atoms with Crippen molar-refractivity contribution in [2.75, 3.05) is 6.61 Å². The molecular weight excluding hydrogens is 172 g/mol. The summed E-state index contributed by atoms with van der Waals surface area (Å²) in [5, 5.41) is 0. The van der Waals surface area contributed by atoms with Crippen molar-refractivity contribution in [2.45, 2.75) is 52.1 Å². The standard InChI is InChI=1S/C13H22O/c1-4-6-9-14-13-8-7-11(3)12(5-2)10-13/h5,13H,2,4,6-10H2,1,3H3. The molecule has 0 aliphatic heterocycles. The smallest absolute Gasteiger partial charge is 0.0618 e. The Morgan fingerprint density at radius 3 is 3.00 bits per heavy atom. The van der Waals surface area contributed by atoms with Crippen LogP contribution in [0.15, 0.2) is 23.8 Å². The van der Waals surface area contributed by atoms with Crippen LogP contribution in [-0.4, -0.2) is 12.7 Å². The molecule has 0 aromatic rings. The van der Waals surface area contributed by atoms with Crippen LogP contribution in [0.3, 0.4) is 0 Å². The molecule has 0 N–H and O–H groups in total. The molecule has 1 atom stereocenters. The minimum atomic E-state index is 0.443. The highest BCUT2D eigenvalue weighted by atomic mass is 16.5. The molecule has 0 bridgehead atoms. The molecule has 1 aliphatic carbocycles. The maximum absolute atomic E-state index is 5.82. The molecule has 0 fully saturated rings. The van der Waals surface area contributed by atoms with E-state index in [4.69, 9.17) is 4.74 Å². The summed E-state index contributed by atoms with van der Waals surface area (Å²) in [6.45, 7) is 9.18. The van der Waals surface area contributed by atoms with Crippen LogP contribution in [0.1, 0.15) is 46.0 Å². The number of unbranched alkanes of at least 4 members (excludes halogenated alkanes) is 1. The fourth-order valence-corrected chi connectivity index (χ4v) is 1.85. The van der Waals surface area contributed by atoms with Crippen molar-refractivity contribution in [2.24, 2.45) is 0 Å². The van der Waals surface area contributed by atoms with Crippen LogP contribution in [-0.2, 0) is 4.74 Å². The van der Waals surface area contributed by atoms with Crippen molar-refractivity contribution >= 4 is 0 Å². The summed E-state index contributed by atoms with van der Waals surface area (Å²) >= 11 is 0. The summed E-state index contributed by atoms with van der Waals surface area (Å²) in [5.41, 5.74) is 2.90. The normalized spacial score (nSPS) is 22.6. The molecule has 1 heteroatoms. The van der Waals surface area contributed by atoms with Gasteiger partial charge in [-0.2, -0.15) is 0 Å². The van der Waals surface area contributed by atoms with E-state index in [0.717, 1.165) is 13.0 Å². The number of ether oxygens (including phenoxy) is 1. The van der Waals surface area contributed by atoms with Crippen molar-refractivity contribution in [3.63, 3.8) is 0 Å². The summed E-state index contributed by atoms with van der Waals surface area (Å²) < 4.78 is 5.82. The zero-order chi connectivity index (χ0) is 10.4. The first-order chi connectivity index (χ1) is 6.77. The van der Waals surface area contributed by atoms with Crippen LogP contribution in [0.4, 0.5) is 0 Å². The molecule has 1 rings (SSSR count). The fourth-order valence-electron chi connectivity index (χ4n) is 1.85. The van der Waals surface area contributed by atoms with Gasteiger partial charge in [-0.1, -0.05) is 31.6 Å². The van der Waals surface area contributed by atoms with Gasteiger partial charge in [-0.25, -0.2) is 0 Å². The van der Waals surface area contributed by atoms with E-state index in [1.165, 1.54) is 36.8 Å². The zero-order valence-electron chi connectivity index (χ0n) is 9.51. The van der Waals surface area contributed by atoms with Crippen LogP contribution in [0.2, 0.25) is 0 Å². The molecule has 0 radical (unpaired) electrons. The van der Waals surface area contributed by atoms with Gasteiger partial charge in [0.05, 0.1) is 6.10 Å². The molecule has 0 amide bonds. The highest BCUT2D eigenvalue weighted by Gasteiger charge is 2.17. The number of hydrogen-bond acceptors (Lipinski definition) is 1. The van der Waals surface area contributed by atoms with E-state index in [-0.39, 0.29) is 0 Å². The topological polar surface area (TPSA) is 9.23 Å². The first-order valence-corrected chi connectivity index (χ1v) is 5.70. The Hall–Kier alpha value is -0.560. The third-order valence-electron chi connectivity index (χ3n) is 2.93. The monoisotopic (exact) mass is 194 g/mol. The van der Waals surface area contributed by atoms with Gasteiger partial charge in [-0.15, -0.1) is 0 Å². The lowest BCUT2D eigenvalue weighted by Gasteiger charge is -2.24. The quantitative estimate of drug-likeness (QED) is 0.604. The molecule has 80 valence electrons. The minimum absolute atomic E-state index is 0.443. The van der Waals surface area contributed by atoms with Crippen molar-refractivity contribution in [1.29, 1.82) is 0 Å². The Labute approximate surface area is 87.8 Å². The average Bonchev–Trinajstić information content (AvgIpc) is 2.21. The van der Waals surface area contributed by atoms with Crippen LogP contribution < -0.4 is 0 Å². The van der Waals surface area contributed by atoms with Crippen molar-refractivity contribution < 1.29 is 4.74 Å². The molecule has 14 heavy (non-hydrogen) atoms. The molecule has 1 unspecified atom stereocenters. The van der Waals surface area contributed by atoms with E-state index in [1.807, 2.05) is 6.08 Å². The van der Waals surface area contributed by atoms with E-state index in [9.17, 15) is 0 Å². The van der Waals surface area contributed by atoms with Gasteiger partial charge in [-0.05, 0) is 38.2 Å². The lowest BCUT2D eigenvalue weighted by atomic mass is 9.91. The van der Waals surface area contributed by atoms with Crippen molar-refractivity contribution in [3.8, 4) is 0 Å². The molecule has 1 nitrogen and oxygen atoms in total. The molecule has 0 saturated carbocycles. The average molecular weight is 194 g/mol. The molecule has 0 aromatic carbocycles. The van der Waals surface area contributed by atoms with Gasteiger partial charge in [0, 0.05) is 6.61 Å². The first-order valence-electron chi connectivity index (χ1n) is 5.70. The third kappa shape index (κ3) is 3.30. The predicted octanol–water partition coefficient (Wildman–Crippen LogP) is 3.86. The molecule has 0 aromatic heterocycles. The van der Waals surface area contributed by atoms with Crippen LogP contribution in [0.5, 0.6) is 0 Å². The Morgan fingerprint density at radius 2 is 2.36 bits per heavy atom. The zero-order valence-corrected chi connectivity index (χ0v) is 9.51. The maximum atomic E-state index is 5.82. The van der Waals surface area contributed by atoms with Crippen molar-refractivity contribution in [3.05, 3.63) is 23.8 Å². The van der Waals surface area contributed by atoms with E-state index in [1.54, 1.807) is 0 Å². The summed E-state index contributed by atoms with van der Waals surface area (Å²) in [6.07, 6.45) is 8.27. The number of hydrogen-bond donors (Lipinski definition) is 0. The van der Waals surface area contributed by atoms with E-state index < -0.39 is 0 Å². The SMILES string of the molecule is C=CC1=C(C)CCC(OCCCC)C1. The van der Waals surface area contributed by atoms with Crippen LogP contribution >= 0.6 is 0 Å². The lowest BCUT2D eigenvalue weighted by molar-refractivity contribution is 0.0432. The summed E-state index contributed by atoms with van der Waals surface area (Å²) in [5.74, 6) is 0. The fraction of sp³-hybridized carbons (Fsp3) is 0.692. The molecular formula is C13H22O. The predicted molar refractivity (Wildman–Crippen MR) is 61.4 cm³/mol. The second kappa shape index (κ2) is 6.02. The highest BCUT2D eigenvalue weighted by Crippen LogP contribution is 2.27. The number of rotatable bonds is 5. The minimum Gasteiger partial charge on any atom is -0.378 e. The molecule has 1 aliphatic rings. The largest absolute Gasteiger partial charge is 0.378 e. The second-order valence-corrected chi connectivity index (χ2v) is 4.10. The van der Waals surface area contributed by atoms with Gasteiger partial charge in [0.2, 0.25) is 0 Å². The molecule has 0 heterocycles. The Morgan fingerprint density at radius 1 is 1.57 bits per heavy atom. The van der Waals surface area contributed by atoms with Gasteiger partial charge in [-0.3, -0.25) is 0 Å². The Bertz CT molecular complexity index is 215. The van der Waals surface area contributed by atoms with Crippen LogP contribution in [0, 0.1) is 0 Å². The van der Waals surface area contributed by atoms with E-state index >= 15 is 0 Å².